The number of fused-ring (bicyclic) bond motifs is 3. The van der Waals surface area contributed by atoms with E-state index >= 15 is 0 Å². The molecule has 1 aliphatic carbocycles. The van der Waals surface area contributed by atoms with E-state index in [1.54, 1.807) is 6.07 Å². The number of hydrogen-bond donors (Lipinski definition) is 3. The van der Waals surface area contributed by atoms with Crippen molar-refractivity contribution in [3.63, 3.8) is 0 Å². The highest BCUT2D eigenvalue weighted by Crippen LogP contribution is 2.16. The van der Waals surface area contributed by atoms with E-state index in [1.165, 1.54) is 6.92 Å². The van der Waals surface area contributed by atoms with Gasteiger partial charge in [0.2, 0.25) is 5.91 Å². The molecule has 0 atom stereocenters. The lowest BCUT2D eigenvalue weighted by Gasteiger charge is -2.08. The first-order valence-corrected chi connectivity index (χ1v) is 7.52. The number of nitrogens with two attached hydrogens (primary N) is 2. The Morgan fingerprint density at radius 3 is 2.78 bits per heavy atom. The van der Waals surface area contributed by atoms with Crippen molar-refractivity contribution in [1.29, 1.82) is 0 Å². The van der Waals surface area contributed by atoms with Crippen LogP contribution in [0.25, 0.3) is 23.2 Å². The summed E-state index contributed by atoms with van der Waals surface area (Å²) in [7, 11) is 0. The molecule has 0 unspecified atom stereocenters. The van der Waals surface area contributed by atoms with Gasteiger partial charge in [0.05, 0.1) is 5.56 Å². The van der Waals surface area contributed by atoms with Crippen molar-refractivity contribution in [2.75, 3.05) is 12.3 Å². The first-order valence-electron chi connectivity index (χ1n) is 7.52. The summed E-state index contributed by atoms with van der Waals surface area (Å²) in [5, 5.41) is 5.74. The number of aromatic nitrogens is 2. The molecular formula is C16H19N5O2. The second kappa shape index (κ2) is 5.75. The number of pyridine rings is 1. The van der Waals surface area contributed by atoms with Crippen LogP contribution < -0.4 is 27.4 Å². The molecule has 0 aliphatic heterocycles. The average Bonchev–Trinajstić information content (AvgIpc) is 2.79. The number of nitrogens with one attached hydrogen (secondary N) is 1. The molecule has 0 bridgehead atoms. The third kappa shape index (κ3) is 2.65. The number of rotatable bonds is 4. The van der Waals surface area contributed by atoms with Crippen LogP contribution in [-0.2, 0) is 11.3 Å². The Kier molecular flexibility index (Phi) is 3.77. The van der Waals surface area contributed by atoms with Crippen LogP contribution in [0.2, 0.25) is 0 Å². The Hall–Kier alpha value is -2.83. The quantitative estimate of drug-likeness (QED) is 0.686. The number of nitrogen functional groups attached to an aromatic ring is 1. The minimum absolute atomic E-state index is 0.0747. The minimum atomic E-state index is -0.587. The predicted molar refractivity (Wildman–Crippen MR) is 88.8 cm³/mol. The highest BCUT2D eigenvalue weighted by atomic mass is 16.1. The Balaban J connectivity index is 2.21. The van der Waals surface area contributed by atoms with Gasteiger partial charge < -0.3 is 21.4 Å². The molecule has 5 N–H and O–H groups in total. The summed E-state index contributed by atoms with van der Waals surface area (Å²) in [6.07, 6.45) is 6.16. The van der Waals surface area contributed by atoms with Crippen molar-refractivity contribution in [3.05, 3.63) is 22.2 Å². The van der Waals surface area contributed by atoms with E-state index in [2.05, 4.69) is 22.5 Å². The highest BCUT2D eigenvalue weighted by Gasteiger charge is 2.16. The normalized spacial score (nSPS) is 13.1. The molecule has 2 aromatic heterocycles. The van der Waals surface area contributed by atoms with E-state index in [0.29, 0.717) is 18.7 Å². The molecule has 2 aromatic rings. The van der Waals surface area contributed by atoms with Crippen molar-refractivity contribution >= 4 is 40.8 Å². The predicted octanol–water partition coefficient (Wildman–Crippen LogP) is -0.792. The van der Waals surface area contributed by atoms with Crippen LogP contribution in [0, 0.1) is 0 Å². The van der Waals surface area contributed by atoms with Gasteiger partial charge in [-0.3, -0.25) is 9.59 Å². The zero-order valence-corrected chi connectivity index (χ0v) is 12.9. The van der Waals surface area contributed by atoms with Gasteiger partial charge in [0.15, 0.2) is 0 Å². The summed E-state index contributed by atoms with van der Waals surface area (Å²) < 4.78 is 2.03. The number of nitrogens with zero attached hydrogens (tertiary/aromatic N) is 2. The molecule has 0 aromatic carbocycles. The van der Waals surface area contributed by atoms with E-state index in [-0.39, 0.29) is 17.3 Å². The molecule has 23 heavy (non-hydrogen) atoms. The lowest BCUT2D eigenvalue weighted by molar-refractivity contribution is -0.118. The first-order chi connectivity index (χ1) is 11.0. The van der Waals surface area contributed by atoms with Crippen LogP contribution in [0.4, 0.5) is 5.82 Å². The van der Waals surface area contributed by atoms with Gasteiger partial charge in [0.1, 0.15) is 11.5 Å². The number of hydrogen-bond acceptors (Lipinski definition) is 4. The van der Waals surface area contributed by atoms with Gasteiger partial charge >= 0.3 is 0 Å². The first kappa shape index (κ1) is 15.1. The highest BCUT2D eigenvalue weighted by molar-refractivity contribution is 6.00. The molecule has 7 nitrogen and oxygen atoms in total. The van der Waals surface area contributed by atoms with Gasteiger partial charge in [0, 0.05) is 36.0 Å². The molecule has 0 saturated heterocycles. The minimum Gasteiger partial charge on any atom is -0.383 e. The topological polar surface area (TPSA) is 116 Å². The molecular weight excluding hydrogens is 294 g/mol. The number of carbonyl (C=O) groups excluding carboxylic acids is 2. The van der Waals surface area contributed by atoms with E-state index in [4.69, 9.17) is 11.5 Å². The third-order valence-corrected chi connectivity index (χ3v) is 3.97. The van der Waals surface area contributed by atoms with Crippen LogP contribution in [0.15, 0.2) is 6.07 Å². The van der Waals surface area contributed by atoms with Crippen LogP contribution in [-0.4, -0.2) is 27.9 Å². The molecule has 1 aliphatic rings. The second-order valence-electron chi connectivity index (χ2n) is 5.58. The third-order valence-electron chi connectivity index (χ3n) is 3.97. The van der Waals surface area contributed by atoms with E-state index in [0.717, 1.165) is 28.8 Å². The Morgan fingerprint density at radius 1 is 1.35 bits per heavy atom. The van der Waals surface area contributed by atoms with E-state index in [9.17, 15) is 9.59 Å². The van der Waals surface area contributed by atoms with Gasteiger partial charge in [-0.05, 0) is 18.9 Å². The molecule has 0 radical (unpaired) electrons. The van der Waals surface area contributed by atoms with E-state index < -0.39 is 5.91 Å². The van der Waals surface area contributed by atoms with Crippen molar-refractivity contribution in [2.45, 2.75) is 26.3 Å². The van der Waals surface area contributed by atoms with Crippen LogP contribution in [0.1, 0.15) is 30.1 Å². The smallest absolute Gasteiger partial charge is 0.252 e. The summed E-state index contributed by atoms with van der Waals surface area (Å²) in [5.41, 5.74) is 12.2. The van der Waals surface area contributed by atoms with Gasteiger partial charge in [-0.2, -0.15) is 0 Å². The molecule has 0 spiro atoms. The molecule has 7 heteroatoms. The fourth-order valence-electron chi connectivity index (χ4n) is 2.97. The summed E-state index contributed by atoms with van der Waals surface area (Å²) in [6.45, 7) is 2.56. The van der Waals surface area contributed by atoms with Crippen LogP contribution in [0.5, 0.6) is 0 Å². The van der Waals surface area contributed by atoms with Crippen LogP contribution in [0.3, 0.4) is 0 Å². The maximum atomic E-state index is 11.5. The monoisotopic (exact) mass is 313 g/mol. The molecule has 3 rings (SSSR count). The Morgan fingerprint density at radius 2 is 2.09 bits per heavy atom. The maximum absolute atomic E-state index is 11.5. The summed E-state index contributed by atoms with van der Waals surface area (Å²) in [6, 6.07) is 1.71. The SMILES string of the molecule is CC(=O)NCCn1c2c(c3cc(C(N)=O)c(N)nc31)=CCCC=2. The molecule has 2 amide bonds. The van der Waals surface area contributed by atoms with Gasteiger partial charge in [-0.1, -0.05) is 12.2 Å². The van der Waals surface area contributed by atoms with Crippen molar-refractivity contribution < 1.29 is 9.59 Å². The number of carbonyl (C=O) groups is 2. The summed E-state index contributed by atoms with van der Waals surface area (Å²) >= 11 is 0. The average molecular weight is 313 g/mol. The second-order valence-corrected chi connectivity index (χ2v) is 5.58. The van der Waals surface area contributed by atoms with Crippen molar-refractivity contribution in [2.24, 2.45) is 5.73 Å². The Labute approximate surface area is 132 Å². The Bertz CT molecular complexity index is 926. The number of anilines is 1. The van der Waals surface area contributed by atoms with Gasteiger partial charge in [-0.15, -0.1) is 0 Å². The standard InChI is InChI=1S/C16H19N5O2/c1-9(22)19-6-7-21-13-5-3-2-4-10(13)11-8-12(15(18)23)14(17)20-16(11)21/h4-5,8H,2-3,6-7H2,1H3,(H2,17,20)(H2,18,23)(H,19,22). The number of primary amides is 1. The zero-order valence-electron chi connectivity index (χ0n) is 12.9. The maximum Gasteiger partial charge on any atom is 0.252 e. The van der Waals surface area contributed by atoms with Crippen LogP contribution >= 0.6 is 0 Å². The summed E-state index contributed by atoms with van der Waals surface area (Å²) in [4.78, 5) is 27.0. The van der Waals surface area contributed by atoms with Crippen molar-refractivity contribution in [3.8, 4) is 0 Å². The summed E-state index contributed by atoms with van der Waals surface area (Å²) in [5.74, 6) is -0.536. The molecule has 2 heterocycles. The lowest BCUT2D eigenvalue weighted by Crippen LogP contribution is -2.34. The zero-order chi connectivity index (χ0) is 16.6. The molecule has 0 fully saturated rings. The molecule has 0 saturated carbocycles. The number of amides is 2. The fourth-order valence-corrected chi connectivity index (χ4v) is 2.97. The van der Waals surface area contributed by atoms with E-state index in [1.807, 2.05) is 4.57 Å². The largest absolute Gasteiger partial charge is 0.383 e. The van der Waals surface area contributed by atoms with Crippen molar-refractivity contribution in [1.82, 2.24) is 14.9 Å². The lowest BCUT2D eigenvalue weighted by atomic mass is 10.1. The fraction of sp³-hybridized carbons (Fsp3) is 0.312. The molecule has 120 valence electrons. The van der Waals surface area contributed by atoms with Gasteiger partial charge in [-0.25, -0.2) is 4.98 Å². The van der Waals surface area contributed by atoms with Gasteiger partial charge in [0.25, 0.3) is 5.91 Å².